The van der Waals surface area contributed by atoms with E-state index in [1.165, 1.54) is 25.3 Å². The summed E-state index contributed by atoms with van der Waals surface area (Å²) in [6.07, 6.45) is 5.59. The first-order valence-electron chi connectivity index (χ1n) is 7.03. The Kier molecular flexibility index (Phi) is 7.57. The van der Waals surface area contributed by atoms with Gasteiger partial charge in [-0.2, -0.15) is 0 Å². The second-order valence-corrected chi connectivity index (χ2v) is 5.95. The molecule has 108 valence electrons. The fourth-order valence-corrected chi connectivity index (χ4v) is 2.72. The number of halogens is 2. The van der Waals surface area contributed by atoms with Crippen LogP contribution in [0.3, 0.4) is 0 Å². The van der Waals surface area contributed by atoms with Gasteiger partial charge in [-0.25, -0.2) is 4.39 Å². The van der Waals surface area contributed by atoms with Crippen LogP contribution in [0, 0.1) is 11.7 Å². The molecule has 0 bridgehead atoms. The number of benzene rings is 1. The number of hydrogen-bond donors (Lipinski definition) is 2. The molecular weight excluding hydrogens is 307 g/mol. The van der Waals surface area contributed by atoms with E-state index >= 15 is 0 Å². The third kappa shape index (κ3) is 5.21. The molecule has 3 N–H and O–H groups in total. The quantitative estimate of drug-likeness (QED) is 0.535. The lowest BCUT2D eigenvalue weighted by atomic mass is 9.89. The highest BCUT2D eigenvalue weighted by atomic mass is 79.9. The maximum absolute atomic E-state index is 14.0. The molecule has 0 aliphatic rings. The van der Waals surface area contributed by atoms with Crippen molar-refractivity contribution >= 4 is 15.9 Å². The average Bonchev–Trinajstić information content (AvgIpc) is 2.40. The standard InChI is InChI=1S/C15H24BrFN2/c1-3-5-6-11(4-2)9-15(19-18)13-8-7-12(16)10-14(13)17/h7-8,10-11,15,19H,3-6,9,18H2,1-2H3. The van der Waals surface area contributed by atoms with Gasteiger partial charge in [0, 0.05) is 16.1 Å². The summed E-state index contributed by atoms with van der Waals surface area (Å²) in [5, 5.41) is 0. The average molecular weight is 331 g/mol. The van der Waals surface area contributed by atoms with Gasteiger partial charge in [0.2, 0.25) is 0 Å². The highest BCUT2D eigenvalue weighted by Crippen LogP contribution is 2.28. The van der Waals surface area contributed by atoms with Crippen LogP contribution in [-0.2, 0) is 0 Å². The Bertz CT molecular complexity index is 384. The van der Waals surface area contributed by atoms with Crippen molar-refractivity contribution in [3.05, 3.63) is 34.1 Å². The molecule has 0 amide bonds. The molecule has 0 aromatic heterocycles. The van der Waals surface area contributed by atoms with E-state index in [0.29, 0.717) is 11.5 Å². The van der Waals surface area contributed by atoms with Crippen LogP contribution in [0.4, 0.5) is 4.39 Å². The van der Waals surface area contributed by atoms with Gasteiger partial charge in [0.1, 0.15) is 5.82 Å². The number of hydrogen-bond acceptors (Lipinski definition) is 2. The van der Waals surface area contributed by atoms with Gasteiger partial charge in [-0.1, -0.05) is 61.5 Å². The molecule has 2 unspecified atom stereocenters. The van der Waals surface area contributed by atoms with E-state index < -0.39 is 0 Å². The fraction of sp³-hybridized carbons (Fsp3) is 0.600. The Balaban J connectivity index is 2.76. The van der Waals surface area contributed by atoms with Crippen LogP contribution in [-0.4, -0.2) is 0 Å². The molecule has 0 radical (unpaired) electrons. The van der Waals surface area contributed by atoms with Gasteiger partial charge in [0.15, 0.2) is 0 Å². The zero-order chi connectivity index (χ0) is 14.3. The molecule has 1 rings (SSSR count). The van der Waals surface area contributed by atoms with E-state index in [1.54, 1.807) is 6.07 Å². The maximum atomic E-state index is 14.0. The van der Waals surface area contributed by atoms with Crippen molar-refractivity contribution in [3.8, 4) is 0 Å². The van der Waals surface area contributed by atoms with Gasteiger partial charge in [0.25, 0.3) is 0 Å². The lowest BCUT2D eigenvalue weighted by molar-refractivity contribution is 0.350. The molecule has 4 heteroatoms. The summed E-state index contributed by atoms with van der Waals surface area (Å²) in [4.78, 5) is 0. The van der Waals surface area contributed by atoms with Crippen LogP contribution in [0.1, 0.15) is 57.6 Å². The van der Waals surface area contributed by atoms with Crippen molar-refractivity contribution in [2.24, 2.45) is 11.8 Å². The van der Waals surface area contributed by atoms with E-state index in [1.807, 2.05) is 6.07 Å². The van der Waals surface area contributed by atoms with Gasteiger partial charge in [-0.15, -0.1) is 0 Å². The first-order chi connectivity index (χ1) is 9.12. The lowest BCUT2D eigenvalue weighted by Crippen LogP contribution is -2.30. The predicted octanol–water partition coefficient (Wildman–Crippen LogP) is 4.70. The summed E-state index contributed by atoms with van der Waals surface area (Å²) in [6.45, 7) is 4.38. The Morgan fingerprint density at radius 3 is 2.63 bits per heavy atom. The highest BCUT2D eigenvalue weighted by Gasteiger charge is 2.18. The zero-order valence-corrected chi connectivity index (χ0v) is 13.3. The number of unbranched alkanes of at least 4 members (excludes halogenated alkanes) is 1. The minimum Gasteiger partial charge on any atom is -0.271 e. The van der Waals surface area contributed by atoms with Crippen molar-refractivity contribution in [2.45, 2.75) is 52.0 Å². The van der Waals surface area contributed by atoms with Crippen LogP contribution < -0.4 is 11.3 Å². The van der Waals surface area contributed by atoms with Crippen molar-refractivity contribution < 1.29 is 4.39 Å². The molecule has 0 spiro atoms. The molecule has 1 aromatic rings. The number of nitrogens with two attached hydrogens (primary N) is 1. The van der Waals surface area contributed by atoms with Crippen molar-refractivity contribution in [1.82, 2.24) is 5.43 Å². The Morgan fingerprint density at radius 2 is 2.11 bits per heavy atom. The summed E-state index contributed by atoms with van der Waals surface area (Å²) in [7, 11) is 0. The summed E-state index contributed by atoms with van der Waals surface area (Å²) in [5.74, 6) is 6.00. The van der Waals surface area contributed by atoms with Gasteiger partial charge >= 0.3 is 0 Å². The smallest absolute Gasteiger partial charge is 0.129 e. The van der Waals surface area contributed by atoms with Crippen LogP contribution in [0.2, 0.25) is 0 Å². The van der Waals surface area contributed by atoms with Crippen LogP contribution in [0.5, 0.6) is 0 Å². The van der Waals surface area contributed by atoms with E-state index in [9.17, 15) is 4.39 Å². The lowest BCUT2D eigenvalue weighted by Gasteiger charge is -2.23. The van der Waals surface area contributed by atoms with E-state index in [0.717, 1.165) is 17.3 Å². The SMILES string of the molecule is CCCCC(CC)CC(NN)c1ccc(Br)cc1F. The summed E-state index contributed by atoms with van der Waals surface area (Å²) in [5.41, 5.74) is 3.42. The third-order valence-corrected chi connectivity index (χ3v) is 4.14. The Labute approximate surface area is 124 Å². The molecule has 1 aromatic carbocycles. The second-order valence-electron chi connectivity index (χ2n) is 5.04. The Hall–Kier alpha value is -0.450. The molecule has 0 saturated carbocycles. The predicted molar refractivity (Wildman–Crippen MR) is 82.1 cm³/mol. The zero-order valence-electron chi connectivity index (χ0n) is 11.8. The summed E-state index contributed by atoms with van der Waals surface area (Å²) in [6, 6.07) is 5.04. The number of hydrazine groups is 1. The van der Waals surface area contributed by atoms with Crippen molar-refractivity contribution in [2.75, 3.05) is 0 Å². The third-order valence-electron chi connectivity index (χ3n) is 3.65. The number of rotatable bonds is 8. The highest BCUT2D eigenvalue weighted by molar-refractivity contribution is 9.10. The van der Waals surface area contributed by atoms with Crippen molar-refractivity contribution in [1.29, 1.82) is 0 Å². The summed E-state index contributed by atoms with van der Waals surface area (Å²) < 4.78 is 14.7. The maximum Gasteiger partial charge on any atom is 0.129 e. The molecule has 0 aliphatic carbocycles. The van der Waals surface area contributed by atoms with E-state index in [2.05, 4.69) is 35.2 Å². The Morgan fingerprint density at radius 1 is 1.37 bits per heavy atom. The molecule has 0 heterocycles. The van der Waals surface area contributed by atoms with Gasteiger partial charge in [-0.05, 0) is 24.5 Å². The molecule has 0 fully saturated rings. The van der Waals surface area contributed by atoms with Gasteiger partial charge < -0.3 is 0 Å². The van der Waals surface area contributed by atoms with Crippen LogP contribution in [0.25, 0.3) is 0 Å². The fourth-order valence-electron chi connectivity index (χ4n) is 2.38. The van der Waals surface area contributed by atoms with Crippen LogP contribution in [0.15, 0.2) is 22.7 Å². The molecule has 0 aliphatic heterocycles. The molecule has 19 heavy (non-hydrogen) atoms. The second kappa shape index (κ2) is 8.67. The van der Waals surface area contributed by atoms with Crippen LogP contribution >= 0.6 is 15.9 Å². The monoisotopic (exact) mass is 330 g/mol. The molecule has 2 atom stereocenters. The van der Waals surface area contributed by atoms with Crippen molar-refractivity contribution in [3.63, 3.8) is 0 Å². The van der Waals surface area contributed by atoms with E-state index in [4.69, 9.17) is 5.84 Å². The minimum absolute atomic E-state index is 0.116. The summed E-state index contributed by atoms with van der Waals surface area (Å²) >= 11 is 3.27. The first kappa shape index (κ1) is 16.6. The molecule has 2 nitrogen and oxygen atoms in total. The largest absolute Gasteiger partial charge is 0.271 e. The van der Waals surface area contributed by atoms with Gasteiger partial charge in [-0.3, -0.25) is 11.3 Å². The van der Waals surface area contributed by atoms with E-state index in [-0.39, 0.29) is 11.9 Å². The minimum atomic E-state index is -0.206. The first-order valence-corrected chi connectivity index (χ1v) is 7.82. The van der Waals surface area contributed by atoms with Gasteiger partial charge in [0.05, 0.1) is 0 Å². The topological polar surface area (TPSA) is 38.0 Å². The molecule has 0 saturated heterocycles. The molecular formula is C15H24BrFN2. The normalized spacial score (nSPS) is 14.4. The number of nitrogens with one attached hydrogen (secondary N) is 1.